The molecule has 1 atom stereocenters. The minimum Gasteiger partial charge on any atom is -0.384 e. The van der Waals surface area contributed by atoms with Crippen molar-refractivity contribution >= 4 is 11.7 Å². The zero-order valence-electron chi connectivity index (χ0n) is 11.2. The number of hydrogen-bond acceptors (Lipinski definition) is 5. The number of carbonyl (C=O) groups excluding carboxylic acids is 1. The number of hydrogen-bond donors (Lipinski definition) is 2. The molecule has 0 radical (unpaired) electrons. The summed E-state index contributed by atoms with van der Waals surface area (Å²) in [7, 11) is 0. The van der Waals surface area contributed by atoms with Crippen molar-refractivity contribution in [1.82, 2.24) is 14.7 Å². The highest BCUT2D eigenvalue weighted by Crippen LogP contribution is 2.10. The van der Waals surface area contributed by atoms with Gasteiger partial charge in [0.25, 0.3) is 0 Å². The van der Waals surface area contributed by atoms with E-state index >= 15 is 0 Å². The molecule has 2 rings (SSSR count). The summed E-state index contributed by atoms with van der Waals surface area (Å²) in [6.45, 7) is 4.36. The van der Waals surface area contributed by atoms with E-state index in [0.717, 1.165) is 12.1 Å². The van der Waals surface area contributed by atoms with Crippen molar-refractivity contribution < 1.29 is 9.53 Å². The van der Waals surface area contributed by atoms with Gasteiger partial charge in [0.05, 0.1) is 18.4 Å². The quantitative estimate of drug-likeness (QED) is 0.755. The average molecular weight is 267 g/mol. The van der Waals surface area contributed by atoms with Crippen LogP contribution in [0.2, 0.25) is 0 Å². The molecule has 0 bridgehead atoms. The Kier molecular flexibility index (Phi) is 4.39. The molecule has 4 N–H and O–H groups in total. The Bertz CT molecular complexity index is 443. The van der Waals surface area contributed by atoms with Crippen molar-refractivity contribution in [1.29, 1.82) is 0 Å². The van der Waals surface area contributed by atoms with Crippen LogP contribution in [0.25, 0.3) is 0 Å². The summed E-state index contributed by atoms with van der Waals surface area (Å²) in [5, 5.41) is 4.19. The van der Waals surface area contributed by atoms with Gasteiger partial charge in [0.15, 0.2) is 0 Å². The number of nitrogens with two attached hydrogens (primary N) is 2. The van der Waals surface area contributed by atoms with Crippen LogP contribution in [-0.2, 0) is 16.1 Å². The minimum absolute atomic E-state index is 0.0140. The van der Waals surface area contributed by atoms with Crippen LogP contribution in [-0.4, -0.2) is 52.9 Å². The van der Waals surface area contributed by atoms with Gasteiger partial charge in [-0.25, -0.2) is 4.68 Å². The lowest BCUT2D eigenvalue weighted by Crippen LogP contribution is -2.47. The van der Waals surface area contributed by atoms with Gasteiger partial charge < -0.3 is 21.1 Å². The molecule has 1 fully saturated rings. The normalized spacial score (nSPS) is 19.7. The lowest BCUT2D eigenvalue weighted by Gasteiger charge is -2.32. The van der Waals surface area contributed by atoms with Crippen LogP contribution in [0, 0.1) is 6.92 Å². The predicted molar refractivity (Wildman–Crippen MR) is 71.4 cm³/mol. The molecule has 0 unspecified atom stereocenters. The number of nitrogens with zero attached hydrogens (tertiary/aromatic N) is 3. The van der Waals surface area contributed by atoms with Gasteiger partial charge in [-0.1, -0.05) is 0 Å². The van der Waals surface area contributed by atoms with Crippen LogP contribution in [0.4, 0.5) is 5.82 Å². The molecule has 7 nitrogen and oxygen atoms in total. The van der Waals surface area contributed by atoms with Crippen molar-refractivity contribution in [3.05, 3.63) is 11.8 Å². The number of anilines is 1. The van der Waals surface area contributed by atoms with Crippen molar-refractivity contribution in [2.75, 3.05) is 32.0 Å². The summed E-state index contributed by atoms with van der Waals surface area (Å²) in [6, 6.07) is 1.75. The Hall–Kier alpha value is -1.60. The molecule has 1 amide bonds. The van der Waals surface area contributed by atoms with Crippen molar-refractivity contribution in [3.8, 4) is 0 Å². The van der Waals surface area contributed by atoms with Gasteiger partial charge in [-0.15, -0.1) is 0 Å². The summed E-state index contributed by atoms with van der Waals surface area (Å²) in [6.07, 6.45) is 0.812. The molecular formula is C12H21N5O2. The number of nitrogen functional groups attached to an aromatic ring is 1. The zero-order valence-corrected chi connectivity index (χ0v) is 11.2. The first-order chi connectivity index (χ1) is 9.10. The molecule has 2 heterocycles. The van der Waals surface area contributed by atoms with E-state index in [9.17, 15) is 4.79 Å². The second kappa shape index (κ2) is 6.03. The standard InChI is InChI=1S/C12H21N5O2/c1-9-6-11(14)17(15-9)8-12(18)16-4-5-19-10(7-16)2-3-13/h6,10H,2-5,7-8,13-14H2,1H3/t10-/m1/s1. The first-order valence-electron chi connectivity index (χ1n) is 6.49. The van der Waals surface area contributed by atoms with E-state index in [1.54, 1.807) is 11.0 Å². The number of ether oxygens (including phenoxy) is 1. The Morgan fingerprint density at radius 3 is 3.05 bits per heavy atom. The monoisotopic (exact) mass is 267 g/mol. The molecule has 1 saturated heterocycles. The Morgan fingerprint density at radius 1 is 1.63 bits per heavy atom. The van der Waals surface area contributed by atoms with Crippen LogP contribution >= 0.6 is 0 Å². The molecule has 0 saturated carbocycles. The van der Waals surface area contributed by atoms with Crippen LogP contribution in [0.1, 0.15) is 12.1 Å². The van der Waals surface area contributed by atoms with Gasteiger partial charge in [0.2, 0.25) is 5.91 Å². The van der Waals surface area contributed by atoms with E-state index in [2.05, 4.69) is 5.10 Å². The van der Waals surface area contributed by atoms with Gasteiger partial charge >= 0.3 is 0 Å². The second-order valence-electron chi connectivity index (χ2n) is 4.78. The maximum Gasteiger partial charge on any atom is 0.244 e. The number of aromatic nitrogens is 2. The molecule has 7 heteroatoms. The molecule has 0 spiro atoms. The molecule has 1 aliphatic heterocycles. The fraction of sp³-hybridized carbons (Fsp3) is 0.667. The largest absolute Gasteiger partial charge is 0.384 e. The molecule has 1 aromatic rings. The smallest absolute Gasteiger partial charge is 0.244 e. The maximum atomic E-state index is 12.2. The van der Waals surface area contributed by atoms with Crippen LogP contribution in [0.5, 0.6) is 0 Å². The Morgan fingerprint density at radius 2 is 2.42 bits per heavy atom. The third-order valence-corrected chi connectivity index (χ3v) is 3.20. The molecule has 0 aromatic carbocycles. The second-order valence-corrected chi connectivity index (χ2v) is 4.78. The van der Waals surface area contributed by atoms with Crippen molar-refractivity contribution in [2.24, 2.45) is 5.73 Å². The number of morpholine rings is 1. The first-order valence-corrected chi connectivity index (χ1v) is 6.49. The predicted octanol–water partition coefficient (Wildman–Crippen LogP) is -0.650. The highest BCUT2D eigenvalue weighted by Gasteiger charge is 2.24. The third-order valence-electron chi connectivity index (χ3n) is 3.20. The summed E-state index contributed by atoms with van der Waals surface area (Å²) >= 11 is 0. The molecule has 1 aromatic heterocycles. The number of rotatable bonds is 4. The van der Waals surface area contributed by atoms with E-state index in [1.165, 1.54) is 4.68 Å². The van der Waals surface area contributed by atoms with E-state index in [-0.39, 0.29) is 18.6 Å². The number of carbonyl (C=O) groups is 1. The van der Waals surface area contributed by atoms with Crippen LogP contribution < -0.4 is 11.5 Å². The summed E-state index contributed by atoms with van der Waals surface area (Å²) in [5.74, 6) is 0.526. The summed E-state index contributed by atoms with van der Waals surface area (Å²) < 4.78 is 7.09. The first kappa shape index (κ1) is 13.8. The zero-order chi connectivity index (χ0) is 13.8. The highest BCUT2D eigenvalue weighted by atomic mass is 16.5. The Labute approximate surface area is 112 Å². The van der Waals surface area contributed by atoms with Gasteiger partial charge in [-0.2, -0.15) is 5.10 Å². The molecule has 106 valence electrons. The lowest BCUT2D eigenvalue weighted by molar-refractivity contribution is -0.139. The number of aryl methyl sites for hydroxylation is 1. The van der Waals surface area contributed by atoms with Gasteiger partial charge in [-0.05, 0) is 19.9 Å². The third kappa shape index (κ3) is 3.45. The summed E-state index contributed by atoms with van der Waals surface area (Å²) in [5.41, 5.74) is 12.1. The van der Waals surface area contributed by atoms with E-state index in [0.29, 0.717) is 32.1 Å². The maximum absolute atomic E-state index is 12.2. The van der Waals surface area contributed by atoms with Gasteiger partial charge in [-0.3, -0.25) is 4.79 Å². The van der Waals surface area contributed by atoms with Crippen LogP contribution in [0.15, 0.2) is 6.07 Å². The van der Waals surface area contributed by atoms with Crippen molar-refractivity contribution in [2.45, 2.75) is 26.0 Å². The highest BCUT2D eigenvalue weighted by molar-refractivity contribution is 5.76. The van der Waals surface area contributed by atoms with Crippen molar-refractivity contribution in [3.63, 3.8) is 0 Å². The van der Waals surface area contributed by atoms with E-state index < -0.39 is 0 Å². The van der Waals surface area contributed by atoms with E-state index in [4.69, 9.17) is 16.2 Å². The molecule has 19 heavy (non-hydrogen) atoms. The SMILES string of the molecule is Cc1cc(N)n(CC(=O)N2CCO[C@H](CCN)C2)n1. The fourth-order valence-corrected chi connectivity index (χ4v) is 2.23. The Balaban J connectivity index is 1.94. The van der Waals surface area contributed by atoms with Crippen LogP contribution in [0.3, 0.4) is 0 Å². The lowest BCUT2D eigenvalue weighted by atomic mass is 10.2. The van der Waals surface area contributed by atoms with Gasteiger partial charge in [0, 0.05) is 19.2 Å². The summed E-state index contributed by atoms with van der Waals surface area (Å²) in [4.78, 5) is 14.0. The molecular weight excluding hydrogens is 246 g/mol. The minimum atomic E-state index is 0.0140. The fourth-order valence-electron chi connectivity index (χ4n) is 2.23. The average Bonchev–Trinajstić information content (AvgIpc) is 2.68. The molecule has 0 aliphatic carbocycles. The van der Waals surface area contributed by atoms with Gasteiger partial charge in [0.1, 0.15) is 12.4 Å². The molecule has 1 aliphatic rings. The number of amides is 1. The topological polar surface area (TPSA) is 99.4 Å². The van der Waals surface area contributed by atoms with E-state index in [1.807, 2.05) is 6.92 Å².